The quantitative estimate of drug-likeness (QED) is 0.147. The van der Waals surface area contributed by atoms with Crippen molar-refractivity contribution in [3.05, 3.63) is 123 Å². The predicted molar refractivity (Wildman–Crippen MR) is 225 cm³/mol. The van der Waals surface area contributed by atoms with Crippen LogP contribution in [0.2, 0.25) is 18.1 Å². The Balaban J connectivity index is 1.32. The number of aliphatic hydroxyl groups excluding tert-OH is 1. The molecular weight excluding hydrogens is 766 g/mol. The summed E-state index contributed by atoms with van der Waals surface area (Å²) in [5.74, 6) is -2.55. The molecule has 0 bridgehead atoms. The average Bonchev–Trinajstić information content (AvgIpc) is 3.62. The number of rotatable bonds is 11. The molecule has 0 amide bonds. The molecule has 0 spiro atoms. The van der Waals surface area contributed by atoms with Crippen LogP contribution in [0.5, 0.6) is 11.6 Å². The predicted octanol–water partition coefficient (Wildman–Crippen LogP) is 9.19. The summed E-state index contributed by atoms with van der Waals surface area (Å²) in [5, 5.41) is 17.0. The first kappa shape index (κ1) is 41.1. The van der Waals surface area contributed by atoms with Crippen LogP contribution in [0.15, 0.2) is 76.5 Å². The Morgan fingerprint density at radius 1 is 0.966 bits per heavy atom. The molecule has 4 atom stereocenters. The molecule has 0 saturated heterocycles. The number of ketones is 2. The van der Waals surface area contributed by atoms with Crippen LogP contribution in [-0.4, -0.2) is 72.7 Å². The Labute approximate surface area is 347 Å². The zero-order chi connectivity index (χ0) is 42.0. The van der Waals surface area contributed by atoms with Gasteiger partial charge in [-0.1, -0.05) is 88.4 Å². The normalized spacial score (nSPS) is 23.1. The minimum absolute atomic E-state index is 0.0000124. The van der Waals surface area contributed by atoms with Crippen LogP contribution in [0, 0.1) is 17.7 Å². The lowest BCUT2D eigenvalue weighted by atomic mass is 9.58. The molecule has 0 unspecified atom stereocenters. The molecule has 0 fully saturated rings. The maximum absolute atomic E-state index is 17.2. The number of nitrogens with zero attached hydrogens (tertiary/aromatic N) is 3. The second-order valence-electron chi connectivity index (χ2n) is 18.4. The van der Waals surface area contributed by atoms with E-state index < -0.39 is 49.1 Å². The van der Waals surface area contributed by atoms with E-state index in [1.54, 1.807) is 0 Å². The number of benzene rings is 3. The van der Waals surface area contributed by atoms with Gasteiger partial charge in [-0.15, -0.1) is 0 Å². The maximum Gasteiger partial charge on any atom is 0.265 e. The van der Waals surface area contributed by atoms with Gasteiger partial charge in [-0.2, -0.15) is 0 Å². The highest BCUT2D eigenvalue weighted by molar-refractivity contribution is 6.74. The molecule has 312 valence electrons. The molecule has 4 aliphatic rings. The molecule has 0 radical (unpaired) electrons. The summed E-state index contributed by atoms with van der Waals surface area (Å²) in [7, 11) is 0.844. The van der Waals surface area contributed by atoms with Crippen molar-refractivity contribution in [2.75, 3.05) is 27.2 Å². The van der Waals surface area contributed by atoms with Crippen molar-refractivity contribution in [3.63, 3.8) is 0 Å². The lowest BCUT2D eigenvalue weighted by molar-refractivity contribution is -0.0481. The number of ether oxygens (including phenoxy) is 2. The number of carbonyl (C=O) groups excluding carboxylic acids is 2. The van der Waals surface area contributed by atoms with Crippen molar-refractivity contribution in [1.82, 2.24) is 15.0 Å². The minimum atomic E-state index is -2.93. The number of carbonyl (C=O) groups is 2. The van der Waals surface area contributed by atoms with E-state index in [4.69, 9.17) is 18.4 Å². The number of allylic oxidation sites excluding steroid dienone is 1. The van der Waals surface area contributed by atoms with E-state index in [2.05, 4.69) is 37.8 Å². The lowest BCUT2D eigenvalue weighted by Crippen LogP contribution is -2.65. The highest BCUT2D eigenvalue weighted by Gasteiger charge is 2.67. The fraction of sp³-hybridized carbons (Fsp3) is 0.468. The summed E-state index contributed by atoms with van der Waals surface area (Å²) in [5.41, 5.74) is 1.65. The number of hydrogen-bond donors (Lipinski definition) is 1. The first-order valence-corrected chi connectivity index (χ1v) is 23.8. The Bertz CT molecular complexity index is 2300. The number of hydrogen-bond acceptors (Lipinski definition) is 10. The van der Waals surface area contributed by atoms with Crippen molar-refractivity contribution in [2.24, 2.45) is 11.8 Å². The fourth-order valence-electron chi connectivity index (χ4n) is 9.54. The molecule has 3 aromatic carbocycles. The highest BCUT2D eigenvalue weighted by Crippen LogP contribution is 2.60. The number of fused-ring (bicyclic) bond motifs is 5. The van der Waals surface area contributed by atoms with Crippen LogP contribution in [0.1, 0.15) is 101 Å². The van der Waals surface area contributed by atoms with Crippen LogP contribution in [-0.2, 0) is 37.0 Å². The van der Waals surface area contributed by atoms with Gasteiger partial charge in [-0.25, -0.2) is 4.39 Å². The van der Waals surface area contributed by atoms with Crippen molar-refractivity contribution >= 4 is 19.9 Å². The third-order valence-electron chi connectivity index (χ3n) is 13.4. The standard InChI is InChI=1S/C47H56FN3O7Si/c1-9-21-51-22-20-31-33(25-51)38(48)32-23-30-24-34-39(50(5)6)42-37(45(49-57-42)56-27-29-18-14-11-15-19-29)44(54)47(34,58-59(7,8)46(2,3)4)43(53)35(30)40(52)36(32)41(31)55-26-28-16-12-10-13-17-28/h10-19,30,34,39,53H,9,20-27H2,1-8H3/t30-,34-,39-,47-/m0/s1. The molecule has 4 aromatic rings. The summed E-state index contributed by atoms with van der Waals surface area (Å²) < 4.78 is 43.4. The minimum Gasteiger partial charge on any atom is -0.508 e. The SMILES string of the molecule is CCCN1CCc2c(c(F)c3c(c2OCc2ccccc2)C(=O)C2=C(O)[C@]4(O[Si](C)(C)C(C)(C)C)C(=O)c5c(OCc6ccccc6)noc5[C@@H](N(C)C)[C@@H]4C[C@@H]2C3)C1. The Morgan fingerprint density at radius 3 is 2.22 bits per heavy atom. The van der Waals surface area contributed by atoms with E-state index in [0.29, 0.717) is 47.7 Å². The summed E-state index contributed by atoms with van der Waals surface area (Å²) in [4.78, 5) is 35.2. The second kappa shape index (κ2) is 15.4. The number of aromatic nitrogens is 1. The molecule has 0 saturated carbocycles. The molecule has 1 N–H and O–H groups in total. The first-order valence-electron chi connectivity index (χ1n) is 20.9. The molecule has 3 aliphatic carbocycles. The Morgan fingerprint density at radius 2 is 1.61 bits per heavy atom. The summed E-state index contributed by atoms with van der Waals surface area (Å²) in [6, 6.07) is 18.6. The van der Waals surface area contributed by atoms with Gasteiger partial charge in [0.1, 0.15) is 36.1 Å². The first-order chi connectivity index (χ1) is 28.1. The maximum atomic E-state index is 17.2. The molecule has 12 heteroatoms. The van der Waals surface area contributed by atoms with Crippen molar-refractivity contribution < 1.29 is 37.5 Å². The van der Waals surface area contributed by atoms with Gasteiger partial charge in [0.25, 0.3) is 5.88 Å². The largest absolute Gasteiger partial charge is 0.508 e. The Hall–Kier alpha value is -4.62. The van der Waals surface area contributed by atoms with Gasteiger partial charge in [-0.3, -0.25) is 19.4 Å². The van der Waals surface area contributed by atoms with Gasteiger partial charge in [0.05, 0.1) is 11.6 Å². The van der Waals surface area contributed by atoms with Gasteiger partial charge >= 0.3 is 0 Å². The van der Waals surface area contributed by atoms with E-state index in [0.717, 1.165) is 24.1 Å². The van der Waals surface area contributed by atoms with Gasteiger partial charge in [0.15, 0.2) is 25.5 Å². The zero-order valence-electron chi connectivity index (χ0n) is 35.5. The molecule has 1 aromatic heterocycles. The van der Waals surface area contributed by atoms with Gasteiger partial charge in [0, 0.05) is 41.3 Å². The second-order valence-corrected chi connectivity index (χ2v) is 23.2. The van der Waals surface area contributed by atoms with Crippen LogP contribution in [0.3, 0.4) is 0 Å². The Kier molecular flexibility index (Phi) is 10.8. The third-order valence-corrected chi connectivity index (χ3v) is 17.9. The van der Waals surface area contributed by atoms with Gasteiger partial charge < -0.3 is 23.5 Å². The van der Waals surface area contributed by atoms with E-state index in [1.165, 1.54) is 0 Å². The van der Waals surface area contributed by atoms with Crippen LogP contribution >= 0.6 is 0 Å². The summed E-state index contributed by atoms with van der Waals surface area (Å²) in [6.45, 7) is 14.7. The van der Waals surface area contributed by atoms with Gasteiger partial charge in [-0.05, 0) is 86.7 Å². The molecular formula is C47H56FN3O7Si. The third kappa shape index (κ3) is 6.85. The molecule has 59 heavy (non-hydrogen) atoms. The van der Waals surface area contributed by atoms with Crippen molar-refractivity contribution in [2.45, 2.75) is 103 Å². The van der Waals surface area contributed by atoms with Crippen LogP contribution in [0.4, 0.5) is 4.39 Å². The van der Waals surface area contributed by atoms with Crippen molar-refractivity contribution in [3.8, 4) is 11.6 Å². The summed E-state index contributed by atoms with van der Waals surface area (Å²) >= 11 is 0. The highest BCUT2D eigenvalue weighted by atomic mass is 28.4. The topological polar surface area (TPSA) is 115 Å². The molecule has 8 rings (SSSR count). The monoisotopic (exact) mass is 821 g/mol. The number of Topliss-reactive ketones (excluding diaryl/α,β-unsaturated/α-hetero) is 2. The molecule has 10 nitrogen and oxygen atoms in total. The number of halogens is 1. The van der Waals surface area contributed by atoms with E-state index in [9.17, 15) is 5.11 Å². The van der Waals surface area contributed by atoms with E-state index >= 15 is 14.0 Å². The summed E-state index contributed by atoms with van der Waals surface area (Å²) in [6.07, 6.45) is 1.83. The smallest absolute Gasteiger partial charge is 0.265 e. The number of aliphatic hydroxyl groups is 1. The fourth-order valence-corrected chi connectivity index (χ4v) is 11.0. The van der Waals surface area contributed by atoms with Crippen LogP contribution in [0.25, 0.3) is 0 Å². The molecule has 1 aliphatic heterocycles. The van der Waals surface area contributed by atoms with Gasteiger partial charge in [0.2, 0.25) is 5.78 Å². The lowest BCUT2D eigenvalue weighted by Gasteiger charge is -2.55. The van der Waals surface area contributed by atoms with Crippen LogP contribution < -0.4 is 9.47 Å². The zero-order valence-corrected chi connectivity index (χ0v) is 36.5. The van der Waals surface area contributed by atoms with E-state index in [-0.39, 0.29) is 59.5 Å². The van der Waals surface area contributed by atoms with E-state index in [1.807, 2.05) is 92.8 Å². The molecule has 2 heterocycles. The van der Waals surface area contributed by atoms with Crippen molar-refractivity contribution in [1.29, 1.82) is 0 Å². The average molecular weight is 822 g/mol.